The second-order valence-electron chi connectivity index (χ2n) is 2.99. The molecule has 5 heteroatoms. The van der Waals surface area contributed by atoms with Crippen molar-refractivity contribution in [2.45, 2.75) is 12.6 Å². The van der Waals surface area contributed by atoms with Gasteiger partial charge in [0.05, 0.1) is 18.9 Å². The van der Waals surface area contributed by atoms with E-state index in [1.54, 1.807) is 10.9 Å². The first-order chi connectivity index (χ1) is 6.22. The molecule has 0 spiro atoms. The van der Waals surface area contributed by atoms with Crippen molar-refractivity contribution in [3.8, 4) is 0 Å². The first-order valence-electron chi connectivity index (χ1n) is 4.19. The second kappa shape index (κ2) is 4.96. The average molecular weight is 185 g/mol. The lowest BCUT2D eigenvalue weighted by Crippen LogP contribution is -2.28. The lowest BCUT2D eigenvalue weighted by Gasteiger charge is -2.07. The minimum Gasteiger partial charge on any atom is -0.394 e. The topological polar surface area (TPSA) is 70.3 Å². The number of rotatable bonds is 5. The molecule has 1 aromatic rings. The molecule has 0 aliphatic carbocycles. The molecule has 74 valence electrons. The number of aromatic nitrogens is 2. The van der Waals surface area contributed by atoms with Gasteiger partial charge in [-0.1, -0.05) is 0 Å². The van der Waals surface area contributed by atoms with Crippen LogP contribution in [-0.2, 0) is 13.6 Å². The molecule has 0 aliphatic heterocycles. The van der Waals surface area contributed by atoms with Gasteiger partial charge in [0.15, 0.2) is 0 Å². The van der Waals surface area contributed by atoms with Crippen LogP contribution in [0.15, 0.2) is 12.4 Å². The van der Waals surface area contributed by atoms with Gasteiger partial charge in [-0.25, -0.2) is 0 Å². The molecule has 0 bridgehead atoms. The van der Waals surface area contributed by atoms with E-state index in [0.717, 1.165) is 5.56 Å². The zero-order valence-electron chi connectivity index (χ0n) is 7.64. The number of aliphatic hydroxyl groups excluding tert-OH is 2. The van der Waals surface area contributed by atoms with Gasteiger partial charge in [0, 0.05) is 31.9 Å². The molecule has 1 heterocycles. The molecule has 1 aromatic heterocycles. The van der Waals surface area contributed by atoms with E-state index in [-0.39, 0.29) is 6.61 Å². The predicted octanol–water partition coefficient (Wildman–Crippen LogP) is -1.14. The van der Waals surface area contributed by atoms with Gasteiger partial charge in [0.2, 0.25) is 0 Å². The Labute approximate surface area is 77.0 Å². The fraction of sp³-hybridized carbons (Fsp3) is 0.625. The number of aliphatic hydroxyl groups is 2. The fourth-order valence-electron chi connectivity index (χ4n) is 1.01. The van der Waals surface area contributed by atoms with Gasteiger partial charge in [0.25, 0.3) is 0 Å². The first kappa shape index (κ1) is 10.2. The van der Waals surface area contributed by atoms with Crippen LogP contribution < -0.4 is 5.32 Å². The van der Waals surface area contributed by atoms with Crippen LogP contribution in [0.3, 0.4) is 0 Å². The zero-order chi connectivity index (χ0) is 9.68. The molecule has 0 aliphatic rings. The van der Waals surface area contributed by atoms with Gasteiger partial charge in [-0.05, 0) is 0 Å². The Morgan fingerprint density at radius 2 is 2.46 bits per heavy atom. The predicted molar refractivity (Wildman–Crippen MR) is 48.0 cm³/mol. The van der Waals surface area contributed by atoms with E-state index < -0.39 is 6.10 Å². The summed E-state index contributed by atoms with van der Waals surface area (Å²) in [6.07, 6.45) is 2.98. The number of hydrogen-bond donors (Lipinski definition) is 3. The quantitative estimate of drug-likeness (QED) is 0.542. The maximum Gasteiger partial charge on any atom is 0.0895 e. The third kappa shape index (κ3) is 3.54. The van der Waals surface area contributed by atoms with Gasteiger partial charge < -0.3 is 15.5 Å². The summed E-state index contributed by atoms with van der Waals surface area (Å²) in [5, 5.41) is 24.5. The van der Waals surface area contributed by atoms with Gasteiger partial charge in [0.1, 0.15) is 0 Å². The van der Waals surface area contributed by atoms with Crippen LogP contribution in [0.1, 0.15) is 5.56 Å². The summed E-state index contributed by atoms with van der Waals surface area (Å²) >= 11 is 0. The van der Waals surface area contributed by atoms with Crippen LogP contribution in [0.2, 0.25) is 0 Å². The van der Waals surface area contributed by atoms with Crippen molar-refractivity contribution in [1.29, 1.82) is 0 Å². The van der Waals surface area contributed by atoms with E-state index >= 15 is 0 Å². The molecule has 0 saturated heterocycles. The van der Waals surface area contributed by atoms with Gasteiger partial charge in [-0.3, -0.25) is 4.68 Å². The van der Waals surface area contributed by atoms with E-state index in [9.17, 15) is 0 Å². The van der Waals surface area contributed by atoms with E-state index in [4.69, 9.17) is 10.2 Å². The standard InChI is InChI=1S/C8H15N3O2/c1-11-5-7(3-10-11)2-9-4-8(13)6-12/h3,5,8-9,12-13H,2,4,6H2,1H3. The van der Waals surface area contributed by atoms with Crippen molar-refractivity contribution in [2.24, 2.45) is 7.05 Å². The van der Waals surface area contributed by atoms with Crippen molar-refractivity contribution in [1.82, 2.24) is 15.1 Å². The molecule has 5 nitrogen and oxygen atoms in total. The summed E-state index contributed by atoms with van der Waals surface area (Å²) in [5.41, 5.74) is 1.06. The Balaban J connectivity index is 2.20. The molecule has 1 unspecified atom stereocenters. The smallest absolute Gasteiger partial charge is 0.0895 e. The van der Waals surface area contributed by atoms with Crippen molar-refractivity contribution in [3.05, 3.63) is 18.0 Å². The monoisotopic (exact) mass is 185 g/mol. The van der Waals surface area contributed by atoms with Crippen LogP contribution in [-0.4, -0.2) is 39.2 Å². The van der Waals surface area contributed by atoms with Gasteiger partial charge >= 0.3 is 0 Å². The summed E-state index contributed by atoms with van der Waals surface area (Å²) in [6, 6.07) is 0. The molecular formula is C8H15N3O2. The highest BCUT2D eigenvalue weighted by Crippen LogP contribution is 1.94. The van der Waals surface area contributed by atoms with Crippen LogP contribution in [0.25, 0.3) is 0 Å². The number of hydrogen-bond acceptors (Lipinski definition) is 4. The van der Waals surface area contributed by atoms with Crippen molar-refractivity contribution in [2.75, 3.05) is 13.2 Å². The highest BCUT2D eigenvalue weighted by molar-refractivity contribution is 5.02. The first-order valence-corrected chi connectivity index (χ1v) is 4.19. The van der Waals surface area contributed by atoms with Crippen molar-refractivity contribution >= 4 is 0 Å². The third-order valence-corrected chi connectivity index (χ3v) is 1.68. The van der Waals surface area contributed by atoms with Gasteiger partial charge in [-0.15, -0.1) is 0 Å². The van der Waals surface area contributed by atoms with E-state index in [0.29, 0.717) is 13.1 Å². The molecule has 0 saturated carbocycles. The third-order valence-electron chi connectivity index (χ3n) is 1.68. The Kier molecular flexibility index (Phi) is 3.88. The Hall–Kier alpha value is -0.910. The largest absolute Gasteiger partial charge is 0.394 e. The number of nitrogens with zero attached hydrogens (tertiary/aromatic N) is 2. The molecule has 0 aromatic carbocycles. The molecule has 0 radical (unpaired) electrons. The SMILES string of the molecule is Cn1cc(CNCC(O)CO)cn1. The summed E-state index contributed by atoms with van der Waals surface area (Å²) in [5.74, 6) is 0. The Bertz CT molecular complexity index is 249. The Morgan fingerprint density at radius 3 is 3.00 bits per heavy atom. The number of nitrogens with one attached hydrogen (secondary N) is 1. The van der Waals surface area contributed by atoms with E-state index in [2.05, 4.69) is 10.4 Å². The minimum atomic E-state index is -0.684. The molecular weight excluding hydrogens is 170 g/mol. The van der Waals surface area contributed by atoms with Crippen LogP contribution in [0.4, 0.5) is 0 Å². The normalized spacial score (nSPS) is 13.2. The molecule has 3 N–H and O–H groups in total. The van der Waals surface area contributed by atoms with E-state index in [1.165, 1.54) is 0 Å². The average Bonchev–Trinajstić information content (AvgIpc) is 2.51. The molecule has 0 amide bonds. The molecule has 1 atom stereocenters. The van der Waals surface area contributed by atoms with Crippen molar-refractivity contribution < 1.29 is 10.2 Å². The van der Waals surface area contributed by atoms with Crippen LogP contribution in [0.5, 0.6) is 0 Å². The zero-order valence-corrected chi connectivity index (χ0v) is 7.64. The summed E-state index contributed by atoms with van der Waals surface area (Å²) in [7, 11) is 1.85. The molecule has 0 fully saturated rings. The lowest BCUT2D eigenvalue weighted by atomic mass is 10.3. The fourth-order valence-corrected chi connectivity index (χ4v) is 1.01. The number of aryl methyl sites for hydroxylation is 1. The molecule has 1 rings (SSSR count). The summed E-state index contributed by atoms with van der Waals surface area (Å²) in [4.78, 5) is 0. The summed E-state index contributed by atoms with van der Waals surface area (Å²) in [6.45, 7) is 0.844. The lowest BCUT2D eigenvalue weighted by molar-refractivity contribution is 0.0942. The van der Waals surface area contributed by atoms with E-state index in [1.807, 2.05) is 13.2 Å². The second-order valence-corrected chi connectivity index (χ2v) is 2.99. The van der Waals surface area contributed by atoms with Crippen molar-refractivity contribution in [3.63, 3.8) is 0 Å². The summed E-state index contributed by atoms with van der Waals surface area (Å²) < 4.78 is 1.72. The highest BCUT2D eigenvalue weighted by atomic mass is 16.3. The van der Waals surface area contributed by atoms with Crippen LogP contribution >= 0.6 is 0 Å². The van der Waals surface area contributed by atoms with Gasteiger partial charge in [-0.2, -0.15) is 5.10 Å². The maximum absolute atomic E-state index is 9.01. The Morgan fingerprint density at radius 1 is 1.69 bits per heavy atom. The highest BCUT2D eigenvalue weighted by Gasteiger charge is 2.01. The van der Waals surface area contributed by atoms with Crippen LogP contribution in [0, 0.1) is 0 Å². The maximum atomic E-state index is 9.01. The minimum absolute atomic E-state index is 0.208. The molecule has 13 heavy (non-hydrogen) atoms.